The number of carbonyl (C=O) groups is 1. The van der Waals surface area contributed by atoms with Gasteiger partial charge >= 0.3 is 5.97 Å². The minimum absolute atomic E-state index is 0.0317. The lowest BCUT2D eigenvalue weighted by atomic mass is 9.47. The zero-order valence-corrected chi connectivity index (χ0v) is 29.8. The molecule has 1 aromatic rings. The zero-order chi connectivity index (χ0) is 32.5. The van der Waals surface area contributed by atoms with Crippen molar-refractivity contribution in [2.45, 2.75) is 118 Å². The van der Waals surface area contributed by atoms with Crippen LogP contribution in [0.15, 0.2) is 35.9 Å². The number of rotatable bonds is 13. The van der Waals surface area contributed by atoms with Gasteiger partial charge in [0.25, 0.3) is 0 Å². The highest BCUT2D eigenvalue weighted by atomic mass is 16.5. The highest BCUT2D eigenvalue weighted by Crippen LogP contribution is 2.67. The second-order valence-corrected chi connectivity index (χ2v) is 17.3. The average molecular weight is 635 g/mol. The molecule has 46 heavy (non-hydrogen) atoms. The van der Waals surface area contributed by atoms with E-state index in [9.17, 15) is 4.79 Å². The van der Waals surface area contributed by atoms with Crippen LogP contribution in [0.2, 0.25) is 0 Å². The van der Waals surface area contributed by atoms with Gasteiger partial charge in [-0.3, -0.25) is 0 Å². The maximum absolute atomic E-state index is 13.2. The largest absolute Gasteiger partial charge is 0.491 e. The molecule has 4 fully saturated rings. The van der Waals surface area contributed by atoms with Crippen LogP contribution in [0.1, 0.15) is 123 Å². The molecule has 0 amide bonds. The Balaban J connectivity index is 0.995. The zero-order valence-electron chi connectivity index (χ0n) is 29.8. The molecule has 6 rings (SSSR count). The molecule has 5 heteroatoms. The molecular formula is C41H62O5. The molecule has 5 nitrogen and oxygen atoms in total. The molecule has 0 radical (unpaired) electrons. The van der Waals surface area contributed by atoms with Crippen molar-refractivity contribution >= 4 is 5.97 Å². The number of allylic oxidation sites excluding steroid dienone is 1. The molecule has 0 bridgehead atoms. The van der Waals surface area contributed by atoms with Gasteiger partial charge in [0.05, 0.1) is 32.0 Å². The van der Waals surface area contributed by atoms with Gasteiger partial charge in [-0.05, 0) is 116 Å². The van der Waals surface area contributed by atoms with Gasteiger partial charge in [-0.1, -0.05) is 72.5 Å². The van der Waals surface area contributed by atoms with Gasteiger partial charge in [0, 0.05) is 11.8 Å². The molecule has 1 aliphatic heterocycles. The maximum Gasteiger partial charge on any atom is 0.338 e. The van der Waals surface area contributed by atoms with Crippen LogP contribution in [0.5, 0.6) is 5.75 Å². The van der Waals surface area contributed by atoms with E-state index in [4.69, 9.17) is 18.9 Å². The minimum atomic E-state index is -0.221. The summed E-state index contributed by atoms with van der Waals surface area (Å²) < 4.78 is 23.0. The number of carbonyl (C=O) groups excluding carboxylic acids is 1. The SMILES string of the molecule is CC(C)CCCC(C)C1CCC2C3CC=C4CC(OC(=O)c5ccc(OCCOCC6(C)COC6)cc5)CCC4(C)C3CCC12C. The van der Waals surface area contributed by atoms with Gasteiger partial charge in [0.15, 0.2) is 0 Å². The van der Waals surface area contributed by atoms with Gasteiger partial charge in [-0.2, -0.15) is 0 Å². The summed E-state index contributed by atoms with van der Waals surface area (Å²) in [4.78, 5) is 13.2. The molecular weight excluding hydrogens is 572 g/mol. The summed E-state index contributed by atoms with van der Waals surface area (Å²) in [5.41, 5.74) is 3.10. The molecule has 4 aliphatic carbocycles. The summed E-state index contributed by atoms with van der Waals surface area (Å²) >= 11 is 0. The normalized spacial score (nSPS) is 35.3. The first-order valence-corrected chi connectivity index (χ1v) is 18.8. The summed E-state index contributed by atoms with van der Waals surface area (Å²) in [5, 5.41) is 0. The second-order valence-electron chi connectivity index (χ2n) is 17.3. The minimum Gasteiger partial charge on any atom is -0.491 e. The van der Waals surface area contributed by atoms with Crippen molar-refractivity contribution in [3.8, 4) is 5.75 Å². The fourth-order valence-electron chi connectivity index (χ4n) is 10.7. The third-order valence-electron chi connectivity index (χ3n) is 13.5. The van der Waals surface area contributed by atoms with Gasteiger partial charge in [0.2, 0.25) is 0 Å². The summed E-state index contributed by atoms with van der Waals surface area (Å²) in [5.74, 6) is 5.58. The highest BCUT2D eigenvalue weighted by molar-refractivity contribution is 5.89. The van der Waals surface area contributed by atoms with Crippen molar-refractivity contribution in [1.29, 1.82) is 0 Å². The smallest absolute Gasteiger partial charge is 0.338 e. The molecule has 1 aromatic carbocycles. The van der Waals surface area contributed by atoms with Gasteiger partial charge < -0.3 is 18.9 Å². The standard InChI is InChI=1S/C41H62O5/c1-28(2)8-7-9-29(3)35-16-17-36-34-15-12-31-24-33(18-20-40(31,5)37(34)19-21-41(35,36)6)46-38(42)30-10-13-32(14-11-30)45-23-22-43-25-39(4)26-44-27-39/h10-14,28-29,33-37H,7-9,15-27H2,1-6H3. The number of hydrogen-bond acceptors (Lipinski definition) is 5. The van der Waals surface area contributed by atoms with Crippen LogP contribution in [0.4, 0.5) is 0 Å². The monoisotopic (exact) mass is 634 g/mol. The van der Waals surface area contributed by atoms with Crippen molar-refractivity contribution in [1.82, 2.24) is 0 Å². The van der Waals surface area contributed by atoms with E-state index in [0.29, 0.717) is 30.8 Å². The fourth-order valence-corrected chi connectivity index (χ4v) is 10.7. The molecule has 0 N–H and O–H groups in total. The Morgan fingerprint density at radius 1 is 0.935 bits per heavy atom. The molecule has 0 aromatic heterocycles. The molecule has 1 heterocycles. The van der Waals surface area contributed by atoms with E-state index >= 15 is 0 Å². The van der Waals surface area contributed by atoms with Gasteiger partial charge in [-0.25, -0.2) is 4.79 Å². The Kier molecular flexibility index (Phi) is 10.3. The Labute approximate surface area is 279 Å². The Morgan fingerprint density at radius 2 is 1.72 bits per heavy atom. The van der Waals surface area contributed by atoms with Crippen molar-refractivity contribution in [3.63, 3.8) is 0 Å². The first-order chi connectivity index (χ1) is 22.0. The van der Waals surface area contributed by atoms with Crippen LogP contribution in [-0.4, -0.2) is 45.1 Å². The predicted molar refractivity (Wildman–Crippen MR) is 184 cm³/mol. The molecule has 256 valence electrons. The van der Waals surface area contributed by atoms with E-state index in [2.05, 4.69) is 47.6 Å². The average Bonchev–Trinajstić information content (AvgIpc) is 3.37. The molecule has 8 atom stereocenters. The topological polar surface area (TPSA) is 54.0 Å². The van der Waals surface area contributed by atoms with E-state index in [-0.39, 0.29) is 22.9 Å². The molecule has 5 aliphatic rings. The third kappa shape index (κ3) is 6.98. The predicted octanol–water partition coefficient (Wildman–Crippen LogP) is 9.69. The van der Waals surface area contributed by atoms with E-state index in [1.54, 1.807) is 5.57 Å². The number of benzene rings is 1. The molecule has 0 spiro atoms. The van der Waals surface area contributed by atoms with Gasteiger partial charge in [0.1, 0.15) is 18.5 Å². The summed E-state index contributed by atoms with van der Waals surface area (Å²) in [7, 11) is 0. The third-order valence-corrected chi connectivity index (χ3v) is 13.5. The van der Waals surface area contributed by atoms with E-state index in [1.807, 2.05) is 24.3 Å². The Bertz CT molecular complexity index is 1220. The summed E-state index contributed by atoms with van der Waals surface area (Å²) in [6.45, 7) is 18.0. The number of fused-ring (bicyclic) bond motifs is 5. The Morgan fingerprint density at radius 3 is 2.43 bits per heavy atom. The second kappa shape index (κ2) is 13.9. The Hall–Kier alpha value is -1.85. The van der Waals surface area contributed by atoms with Crippen LogP contribution in [-0.2, 0) is 14.2 Å². The van der Waals surface area contributed by atoms with E-state index in [1.165, 1.54) is 51.4 Å². The van der Waals surface area contributed by atoms with Crippen molar-refractivity contribution in [2.24, 2.45) is 51.8 Å². The first-order valence-electron chi connectivity index (χ1n) is 18.8. The van der Waals surface area contributed by atoms with Crippen LogP contribution >= 0.6 is 0 Å². The fraction of sp³-hybridized carbons (Fsp3) is 0.780. The summed E-state index contributed by atoms with van der Waals surface area (Å²) in [6.07, 6.45) is 16.6. The van der Waals surface area contributed by atoms with Gasteiger partial charge in [-0.15, -0.1) is 0 Å². The van der Waals surface area contributed by atoms with E-state index in [0.717, 1.165) is 73.7 Å². The van der Waals surface area contributed by atoms with E-state index < -0.39 is 0 Å². The van der Waals surface area contributed by atoms with Crippen molar-refractivity contribution in [3.05, 3.63) is 41.5 Å². The molecule has 1 saturated heterocycles. The van der Waals surface area contributed by atoms with Crippen LogP contribution in [0.3, 0.4) is 0 Å². The number of esters is 1. The number of hydrogen-bond donors (Lipinski definition) is 0. The number of ether oxygens (including phenoxy) is 4. The maximum atomic E-state index is 13.2. The lowest BCUT2D eigenvalue weighted by Gasteiger charge is -2.58. The lowest BCUT2D eigenvalue weighted by Crippen LogP contribution is -2.51. The van der Waals surface area contributed by atoms with Crippen molar-refractivity contribution in [2.75, 3.05) is 33.0 Å². The highest BCUT2D eigenvalue weighted by Gasteiger charge is 2.59. The quantitative estimate of drug-likeness (QED) is 0.123. The molecule has 3 saturated carbocycles. The molecule has 8 unspecified atom stereocenters. The van der Waals surface area contributed by atoms with Crippen molar-refractivity contribution < 1.29 is 23.7 Å². The lowest BCUT2D eigenvalue weighted by molar-refractivity contribution is -0.139. The first kappa shape index (κ1) is 34.0. The van der Waals surface area contributed by atoms with Crippen LogP contribution in [0.25, 0.3) is 0 Å². The summed E-state index contributed by atoms with van der Waals surface area (Å²) in [6, 6.07) is 7.36. The van der Waals surface area contributed by atoms with Crippen LogP contribution in [0, 0.1) is 51.8 Å². The van der Waals surface area contributed by atoms with Crippen LogP contribution < -0.4 is 4.74 Å².